The number of anilines is 4. The lowest BCUT2D eigenvalue weighted by Gasteiger charge is -2.23. The molecule has 1 aliphatic carbocycles. The van der Waals surface area contributed by atoms with Crippen molar-refractivity contribution in [1.29, 1.82) is 0 Å². The van der Waals surface area contributed by atoms with Crippen molar-refractivity contribution < 1.29 is 4.79 Å². The van der Waals surface area contributed by atoms with Gasteiger partial charge in [0.05, 0.1) is 11.4 Å². The van der Waals surface area contributed by atoms with E-state index in [1.807, 2.05) is 61.7 Å². The second-order valence-corrected chi connectivity index (χ2v) is 8.88. The first-order chi connectivity index (χ1) is 15.6. The predicted octanol–water partition coefficient (Wildman–Crippen LogP) is 4.46. The number of allylic oxidation sites excluding steroid dienone is 3. The third-order valence-electron chi connectivity index (χ3n) is 5.82. The van der Waals surface area contributed by atoms with E-state index in [2.05, 4.69) is 27.7 Å². The van der Waals surface area contributed by atoms with Crippen LogP contribution in [0.5, 0.6) is 0 Å². The van der Waals surface area contributed by atoms with Crippen LogP contribution in [-0.4, -0.2) is 32.3 Å². The van der Waals surface area contributed by atoms with Crippen LogP contribution in [0.25, 0.3) is 5.65 Å². The third-order valence-corrected chi connectivity index (χ3v) is 6.97. The Morgan fingerprint density at radius 1 is 1.22 bits per heavy atom. The summed E-state index contributed by atoms with van der Waals surface area (Å²) in [5.41, 5.74) is 11.1. The maximum Gasteiger partial charge on any atom is 0.257 e. The number of hydrogen-bond acceptors (Lipinski definition) is 6. The molecule has 2 aromatic heterocycles. The van der Waals surface area contributed by atoms with Crippen LogP contribution in [0.2, 0.25) is 0 Å². The third kappa shape index (κ3) is 3.46. The molecule has 0 radical (unpaired) electrons. The summed E-state index contributed by atoms with van der Waals surface area (Å²) in [4.78, 5) is 15.1. The van der Waals surface area contributed by atoms with E-state index in [0.717, 1.165) is 22.5 Å². The van der Waals surface area contributed by atoms with Gasteiger partial charge in [-0.3, -0.25) is 14.1 Å². The molecule has 7 nitrogen and oxygen atoms in total. The molecule has 5 rings (SSSR count). The number of pyridine rings is 1. The molecule has 2 atom stereocenters. The van der Waals surface area contributed by atoms with Crippen LogP contribution in [0.3, 0.4) is 0 Å². The summed E-state index contributed by atoms with van der Waals surface area (Å²) in [6.45, 7) is 4.45. The van der Waals surface area contributed by atoms with Crippen molar-refractivity contribution in [2.75, 3.05) is 22.5 Å². The highest BCUT2D eigenvalue weighted by Crippen LogP contribution is 2.40. The second kappa shape index (κ2) is 8.20. The number of benzene rings is 1. The van der Waals surface area contributed by atoms with Gasteiger partial charge in [0, 0.05) is 41.2 Å². The number of likely N-dealkylation sites (N-methyl/N-ethyl adjacent to an activating group) is 1. The van der Waals surface area contributed by atoms with Crippen molar-refractivity contribution in [3.63, 3.8) is 0 Å². The highest BCUT2D eigenvalue weighted by Gasteiger charge is 2.35. The second-order valence-electron chi connectivity index (χ2n) is 7.83. The molecule has 0 saturated carbocycles. The molecule has 0 saturated heterocycles. The van der Waals surface area contributed by atoms with Gasteiger partial charge in [-0.25, -0.2) is 0 Å². The van der Waals surface area contributed by atoms with Gasteiger partial charge in [-0.15, -0.1) is 22.0 Å². The number of fused-ring (bicyclic) bond motifs is 2. The Balaban J connectivity index is 1.47. The molecule has 32 heavy (non-hydrogen) atoms. The SMILES string of the molecule is CCN(C(=O)C1=CSC2C=CC=CC12)c1nnc2cc(Nc3ccccc3C)c(N)cn12. The van der Waals surface area contributed by atoms with Crippen molar-refractivity contribution in [3.05, 3.63) is 77.4 Å². The number of carbonyl (C=O) groups is 1. The molecule has 1 aromatic carbocycles. The van der Waals surface area contributed by atoms with E-state index in [-0.39, 0.29) is 17.1 Å². The minimum atomic E-state index is -0.0533. The number of aryl methyl sites for hydroxylation is 1. The minimum absolute atomic E-state index is 0.0533. The molecule has 1 aliphatic heterocycles. The molecule has 3 heterocycles. The van der Waals surface area contributed by atoms with Crippen LogP contribution in [-0.2, 0) is 4.79 Å². The van der Waals surface area contributed by atoms with Crippen LogP contribution in [0.4, 0.5) is 23.0 Å². The lowest BCUT2D eigenvalue weighted by Crippen LogP contribution is -2.35. The predicted molar refractivity (Wildman–Crippen MR) is 131 cm³/mol. The van der Waals surface area contributed by atoms with Gasteiger partial charge >= 0.3 is 0 Å². The summed E-state index contributed by atoms with van der Waals surface area (Å²) in [6.07, 6.45) is 10.0. The molecule has 0 fully saturated rings. The van der Waals surface area contributed by atoms with Crippen LogP contribution in [0.15, 0.2) is 71.8 Å². The van der Waals surface area contributed by atoms with E-state index in [1.54, 1.807) is 27.3 Å². The molecule has 3 N–H and O–H groups in total. The Hall–Kier alpha value is -3.52. The molecule has 162 valence electrons. The van der Waals surface area contributed by atoms with Gasteiger partial charge in [0.1, 0.15) is 0 Å². The van der Waals surface area contributed by atoms with E-state index in [0.29, 0.717) is 23.8 Å². The van der Waals surface area contributed by atoms with Crippen molar-refractivity contribution in [2.45, 2.75) is 19.1 Å². The number of carbonyl (C=O) groups excluding carboxylic acids is 1. The summed E-state index contributed by atoms with van der Waals surface area (Å²) in [5, 5.41) is 14.3. The molecule has 2 unspecified atom stereocenters. The van der Waals surface area contributed by atoms with Crippen molar-refractivity contribution >= 4 is 46.3 Å². The van der Waals surface area contributed by atoms with E-state index in [4.69, 9.17) is 5.73 Å². The zero-order valence-corrected chi connectivity index (χ0v) is 18.7. The van der Waals surface area contributed by atoms with Crippen LogP contribution >= 0.6 is 11.8 Å². The number of thioether (sulfide) groups is 1. The Morgan fingerprint density at radius 2 is 2.03 bits per heavy atom. The maximum absolute atomic E-state index is 13.5. The smallest absolute Gasteiger partial charge is 0.257 e. The topological polar surface area (TPSA) is 88.5 Å². The summed E-state index contributed by atoms with van der Waals surface area (Å²) in [7, 11) is 0. The fourth-order valence-electron chi connectivity index (χ4n) is 4.04. The molecule has 3 aromatic rings. The molecule has 2 aliphatic rings. The first kappa shape index (κ1) is 20.4. The zero-order chi connectivity index (χ0) is 22.2. The van der Waals surface area contributed by atoms with Gasteiger partial charge in [-0.1, -0.05) is 42.5 Å². The van der Waals surface area contributed by atoms with Crippen molar-refractivity contribution in [3.8, 4) is 0 Å². The van der Waals surface area contributed by atoms with Crippen molar-refractivity contribution in [2.24, 2.45) is 5.92 Å². The van der Waals surface area contributed by atoms with Gasteiger partial charge in [-0.05, 0) is 30.9 Å². The van der Waals surface area contributed by atoms with Crippen molar-refractivity contribution in [1.82, 2.24) is 14.6 Å². The Labute approximate surface area is 190 Å². The normalized spacial score (nSPS) is 19.1. The average Bonchev–Trinajstić information content (AvgIpc) is 3.40. The van der Waals surface area contributed by atoms with E-state index >= 15 is 0 Å². The van der Waals surface area contributed by atoms with Gasteiger partial charge in [-0.2, -0.15) is 0 Å². The number of hydrogen-bond donors (Lipinski definition) is 2. The van der Waals surface area contributed by atoms with Gasteiger partial charge in [0.25, 0.3) is 5.91 Å². The summed E-state index contributed by atoms with van der Waals surface area (Å²) < 4.78 is 1.77. The number of para-hydroxylation sites is 1. The van der Waals surface area contributed by atoms with E-state index in [9.17, 15) is 4.79 Å². The largest absolute Gasteiger partial charge is 0.396 e. The average molecular weight is 445 g/mol. The standard InChI is InChI=1S/C24H24N6OS/c1-3-29(23(31)17-14-32-21-11-7-5-9-16(17)21)24-28-27-22-12-20(18(25)13-30(22)24)26-19-10-6-4-8-15(19)2/h4-14,16,21,26H,3,25H2,1-2H3. The molecule has 0 bridgehead atoms. The Kier molecular flexibility index (Phi) is 5.22. The van der Waals surface area contributed by atoms with Crippen LogP contribution in [0, 0.1) is 12.8 Å². The first-order valence-electron chi connectivity index (χ1n) is 10.6. The quantitative estimate of drug-likeness (QED) is 0.604. The number of nitrogen functional groups attached to an aromatic ring is 1. The van der Waals surface area contributed by atoms with Gasteiger partial charge in [0.2, 0.25) is 5.95 Å². The maximum atomic E-state index is 13.5. The summed E-state index contributed by atoms with van der Waals surface area (Å²) >= 11 is 1.68. The summed E-state index contributed by atoms with van der Waals surface area (Å²) in [5.74, 6) is 0.495. The fraction of sp³-hybridized carbons (Fsp3) is 0.208. The lowest BCUT2D eigenvalue weighted by atomic mass is 9.92. The highest BCUT2D eigenvalue weighted by atomic mass is 32.2. The van der Waals surface area contributed by atoms with Gasteiger partial charge < -0.3 is 11.1 Å². The highest BCUT2D eigenvalue weighted by molar-refractivity contribution is 8.03. The summed E-state index contributed by atoms with van der Waals surface area (Å²) in [6, 6.07) is 9.86. The van der Waals surface area contributed by atoms with E-state index in [1.165, 1.54) is 0 Å². The van der Waals surface area contributed by atoms with Crippen LogP contribution in [0.1, 0.15) is 12.5 Å². The lowest BCUT2D eigenvalue weighted by molar-refractivity contribution is -0.115. The number of nitrogens with one attached hydrogen (secondary N) is 1. The Bertz CT molecular complexity index is 1290. The first-order valence-corrected chi connectivity index (χ1v) is 11.5. The molecular formula is C24H24N6OS. The molecular weight excluding hydrogens is 420 g/mol. The minimum Gasteiger partial charge on any atom is -0.396 e. The fourth-order valence-corrected chi connectivity index (χ4v) is 5.19. The van der Waals surface area contributed by atoms with Crippen LogP contribution < -0.4 is 16.0 Å². The Morgan fingerprint density at radius 3 is 2.84 bits per heavy atom. The number of amides is 1. The number of nitrogens with zero attached hydrogens (tertiary/aromatic N) is 4. The number of aromatic nitrogens is 3. The number of nitrogens with two attached hydrogens (primary N) is 1. The molecule has 1 amide bonds. The molecule has 0 spiro atoms. The monoisotopic (exact) mass is 444 g/mol. The molecule has 8 heteroatoms. The van der Waals surface area contributed by atoms with Gasteiger partial charge in [0.15, 0.2) is 5.65 Å². The zero-order valence-electron chi connectivity index (χ0n) is 17.9. The van der Waals surface area contributed by atoms with E-state index < -0.39 is 0 Å². The number of rotatable bonds is 5.